The van der Waals surface area contributed by atoms with E-state index in [1.165, 1.54) is 24.4 Å². The molecule has 15 heteroatoms. The van der Waals surface area contributed by atoms with Crippen LogP contribution in [0.25, 0.3) is 21.8 Å². The van der Waals surface area contributed by atoms with Gasteiger partial charge >= 0.3 is 29.8 Å². The van der Waals surface area contributed by atoms with E-state index in [0.717, 1.165) is 17.2 Å². The molecule has 0 bridgehead atoms. The number of aliphatic imine (C=N–C) groups is 1. The smallest absolute Gasteiger partial charge is 0.442 e. The Kier molecular flexibility index (Phi) is 7.64. The van der Waals surface area contributed by atoms with Gasteiger partial charge in [-0.15, -0.1) is 0 Å². The summed E-state index contributed by atoms with van der Waals surface area (Å²) in [6, 6.07) is 30.5. The molecule has 0 saturated heterocycles. The maximum atomic E-state index is 15.6. The summed E-state index contributed by atoms with van der Waals surface area (Å²) in [6.07, 6.45) is -5.74. The van der Waals surface area contributed by atoms with Crippen molar-refractivity contribution in [2.75, 3.05) is 9.80 Å². The standard InChI is InChI=1S/C38H24F9N5O/c39-35(40,36(41,42)37(43,44)38(45,46)47)26-15-9-14-25-18-19-29-31(30(25)26)48-22-34(53-29)51(20-23-10-3-1-4-11-23)32-33(50-28-17-8-7-16-27(28)49-32)52(34)21-24-12-5-2-6-13-24/h1-19,22H,20-21H2. The number of fused-ring (bicyclic) bond motifs is 5. The first-order valence-corrected chi connectivity index (χ1v) is 16.1. The van der Waals surface area contributed by atoms with Crippen molar-refractivity contribution < 1.29 is 44.3 Å². The summed E-state index contributed by atoms with van der Waals surface area (Å²) in [5.41, 5.74) is 0.419. The number of anilines is 2. The molecule has 2 aliphatic heterocycles. The number of halogens is 9. The zero-order valence-electron chi connectivity index (χ0n) is 27.0. The molecule has 0 unspecified atom stereocenters. The van der Waals surface area contributed by atoms with Gasteiger partial charge in [-0.25, -0.2) is 15.0 Å². The van der Waals surface area contributed by atoms with Crippen LogP contribution < -0.4 is 14.5 Å². The fraction of sp³-hybridized carbons (Fsp3) is 0.184. The topological polar surface area (TPSA) is 53.9 Å². The van der Waals surface area contributed by atoms with Gasteiger partial charge in [0.05, 0.1) is 30.3 Å². The fourth-order valence-corrected chi connectivity index (χ4v) is 6.64. The van der Waals surface area contributed by atoms with Crippen molar-refractivity contribution in [3.05, 3.63) is 132 Å². The summed E-state index contributed by atoms with van der Waals surface area (Å²) in [6.45, 7) is 0.284. The van der Waals surface area contributed by atoms with Crippen molar-refractivity contribution >= 4 is 45.3 Å². The summed E-state index contributed by atoms with van der Waals surface area (Å²) in [7, 11) is 0. The third-order valence-electron chi connectivity index (χ3n) is 9.27. The van der Waals surface area contributed by atoms with Crippen LogP contribution in [0.2, 0.25) is 0 Å². The molecule has 3 heterocycles. The molecule has 53 heavy (non-hydrogen) atoms. The molecule has 0 amide bonds. The molecule has 1 spiro atoms. The van der Waals surface area contributed by atoms with Gasteiger partial charge in [0.1, 0.15) is 5.69 Å². The van der Waals surface area contributed by atoms with E-state index in [1.54, 1.807) is 34.1 Å². The van der Waals surface area contributed by atoms with E-state index < -0.39 is 46.4 Å². The van der Waals surface area contributed by atoms with Crippen LogP contribution in [0.4, 0.5) is 56.8 Å². The molecule has 270 valence electrons. The number of aromatic nitrogens is 2. The zero-order valence-corrected chi connectivity index (χ0v) is 27.0. The van der Waals surface area contributed by atoms with Crippen LogP contribution >= 0.6 is 0 Å². The second-order valence-corrected chi connectivity index (χ2v) is 12.6. The molecule has 0 radical (unpaired) electrons. The van der Waals surface area contributed by atoms with E-state index in [9.17, 15) is 30.7 Å². The Morgan fingerprint density at radius 3 is 1.62 bits per heavy atom. The number of alkyl halides is 9. The van der Waals surface area contributed by atoms with Gasteiger partial charge in [-0.2, -0.15) is 39.5 Å². The molecule has 0 N–H and O–H groups in total. The van der Waals surface area contributed by atoms with Gasteiger partial charge in [-0.3, -0.25) is 9.80 Å². The number of hydrogen-bond acceptors (Lipinski definition) is 6. The van der Waals surface area contributed by atoms with Crippen molar-refractivity contribution in [1.82, 2.24) is 9.97 Å². The maximum absolute atomic E-state index is 15.6. The predicted molar refractivity (Wildman–Crippen MR) is 180 cm³/mol. The van der Waals surface area contributed by atoms with Crippen molar-refractivity contribution in [1.29, 1.82) is 0 Å². The summed E-state index contributed by atoms with van der Waals surface area (Å²) in [5.74, 6) is -21.3. The number of ether oxygens (including phenoxy) is 1. The van der Waals surface area contributed by atoms with Gasteiger partial charge in [0.15, 0.2) is 17.4 Å². The SMILES string of the molecule is FC(F)(F)C(F)(F)C(F)(F)C(F)(F)c1cccc2ccc3c(c12)N=CC1(O3)N(Cc2ccccc2)c2nc3ccccc3nc2N1Cc1ccccc1. The molecule has 1 aromatic heterocycles. The molecule has 0 aliphatic carbocycles. The Balaban J connectivity index is 1.34. The number of benzene rings is 5. The summed E-state index contributed by atoms with van der Waals surface area (Å²) in [5, 5.41) is -0.976. The largest absolute Gasteiger partial charge is 0.460 e. The lowest BCUT2D eigenvalue weighted by molar-refractivity contribution is -0.399. The molecule has 2 aliphatic rings. The van der Waals surface area contributed by atoms with Crippen LogP contribution in [0, 0.1) is 0 Å². The van der Waals surface area contributed by atoms with Gasteiger partial charge in [0.2, 0.25) is 0 Å². The average molecular weight is 738 g/mol. The number of para-hydroxylation sites is 2. The molecule has 0 fully saturated rings. The highest BCUT2D eigenvalue weighted by Crippen LogP contribution is 2.59. The maximum Gasteiger partial charge on any atom is 0.460 e. The molecule has 6 nitrogen and oxygen atoms in total. The number of rotatable bonds is 7. The highest BCUT2D eigenvalue weighted by atomic mass is 19.4. The lowest BCUT2D eigenvalue weighted by atomic mass is 9.91. The third-order valence-corrected chi connectivity index (χ3v) is 9.27. The Bertz CT molecular complexity index is 2300. The van der Waals surface area contributed by atoms with Gasteiger partial charge < -0.3 is 4.74 Å². The van der Waals surface area contributed by atoms with Crippen LogP contribution in [-0.2, 0) is 19.0 Å². The van der Waals surface area contributed by atoms with Gasteiger partial charge in [0, 0.05) is 10.9 Å². The van der Waals surface area contributed by atoms with Crippen LogP contribution in [0.1, 0.15) is 16.7 Å². The highest BCUT2D eigenvalue weighted by molar-refractivity contribution is 6.03. The van der Waals surface area contributed by atoms with E-state index in [1.807, 2.05) is 60.7 Å². The Labute approximate surface area is 294 Å². The lowest BCUT2D eigenvalue weighted by Crippen LogP contribution is -2.63. The van der Waals surface area contributed by atoms with Crippen molar-refractivity contribution in [2.24, 2.45) is 4.99 Å². The minimum absolute atomic E-state index is 0.142. The summed E-state index contributed by atoms with van der Waals surface area (Å²) >= 11 is 0. The highest BCUT2D eigenvalue weighted by Gasteiger charge is 2.82. The van der Waals surface area contributed by atoms with E-state index in [-0.39, 0.29) is 24.2 Å². The van der Waals surface area contributed by atoms with E-state index in [2.05, 4.69) is 4.99 Å². The monoisotopic (exact) mass is 737 g/mol. The average Bonchev–Trinajstić information content (AvgIpc) is 3.36. The second kappa shape index (κ2) is 11.8. The van der Waals surface area contributed by atoms with Crippen LogP contribution in [0.15, 0.2) is 120 Å². The zero-order chi connectivity index (χ0) is 37.4. The van der Waals surface area contributed by atoms with Crippen LogP contribution in [0.3, 0.4) is 0 Å². The van der Waals surface area contributed by atoms with E-state index in [4.69, 9.17) is 14.7 Å². The number of hydrogen-bond donors (Lipinski definition) is 0. The second-order valence-electron chi connectivity index (χ2n) is 12.6. The molecular weight excluding hydrogens is 713 g/mol. The molecule has 8 rings (SSSR count). The first kappa shape index (κ1) is 34.2. The lowest BCUT2D eigenvalue weighted by Gasteiger charge is -2.43. The molecule has 6 aromatic rings. The number of nitrogens with zero attached hydrogens (tertiary/aromatic N) is 5. The van der Waals surface area contributed by atoms with Crippen molar-refractivity contribution in [3.63, 3.8) is 0 Å². The summed E-state index contributed by atoms with van der Waals surface area (Å²) in [4.78, 5) is 17.8. The van der Waals surface area contributed by atoms with Gasteiger partial charge in [-0.05, 0) is 34.7 Å². The third kappa shape index (κ3) is 5.15. The van der Waals surface area contributed by atoms with Gasteiger partial charge in [-0.1, -0.05) is 97.1 Å². The van der Waals surface area contributed by atoms with E-state index >= 15 is 8.78 Å². The first-order valence-electron chi connectivity index (χ1n) is 16.1. The normalized spacial score (nSPS) is 15.6. The van der Waals surface area contributed by atoms with Crippen LogP contribution in [0.5, 0.6) is 5.75 Å². The van der Waals surface area contributed by atoms with E-state index in [0.29, 0.717) is 28.7 Å². The molecular formula is C38H24F9N5O. The predicted octanol–water partition coefficient (Wildman–Crippen LogP) is 10.2. The quantitative estimate of drug-likeness (QED) is 0.153. The van der Waals surface area contributed by atoms with Crippen molar-refractivity contribution in [3.8, 4) is 5.75 Å². The molecule has 5 aromatic carbocycles. The Morgan fingerprint density at radius 1 is 0.566 bits per heavy atom. The first-order chi connectivity index (χ1) is 25.2. The Morgan fingerprint density at radius 2 is 1.09 bits per heavy atom. The minimum Gasteiger partial charge on any atom is -0.442 e. The van der Waals surface area contributed by atoms with Crippen LogP contribution in [-0.4, -0.2) is 40.1 Å². The molecule has 0 atom stereocenters. The van der Waals surface area contributed by atoms with Gasteiger partial charge in [0.25, 0.3) is 0 Å². The fourth-order valence-electron chi connectivity index (χ4n) is 6.64. The van der Waals surface area contributed by atoms with Crippen molar-refractivity contribution in [2.45, 2.75) is 42.9 Å². The molecule has 0 saturated carbocycles. The Hall–Kier alpha value is -5.86. The minimum atomic E-state index is -7.08. The summed E-state index contributed by atoms with van der Waals surface area (Å²) < 4.78 is 135.